The van der Waals surface area contributed by atoms with Gasteiger partial charge in [-0.25, -0.2) is 4.99 Å². The lowest BCUT2D eigenvalue weighted by Gasteiger charge is -2.33. The topological polar surface area (TPSA) is 44.7 Å². The molecule has 28 heavy (non-hydrogen) atoms. The van der Waals surface area contributed by atoms with E-state index in [9.17, 15) is 4.79 Å². The van der Waals surface area contributed by atoms with Gasteiger partial charge < -0.3 is 10.2 Å². The molecule has 1 N–H and O–H groups in total. The van der Waals surface area contributed by atoms with Gasteiger partial charge in [0, 0.05) is 19.6 Å². The number of amides is 1. The van der Waals surface area contributed by atoms with E-state index in [0.29, 0.717) is 18.3 Å². The number of amidine groups is 1. The first kappa shape index (κ1) is 20.5. The monoisotopic (exact) mass is 395 g/mol. The van der Waals surface area contributed by atoms with E-state index in [2.05, 4.69) is 17.3 Å². The zero-order valence-electron chi connectivity index (χ0n) is 16.5. The van der Waals surface area contributed by atoms with Crippen LogP contribution in [0, 0.1) is 0 Å². The Morgan fingerprint density at radius 1 is 1.04 bits per heavy atom. The number of nitrogens with one attached hydrogen (secondary N) is 1. The van der Waals surface area contributed by atoms with Crippen LogP contribution >= 0.6 is 11.8 Å². The quantitative estimate of drug-likeness (QED) is 0.554. The Hall–Kier alpha value is -2.27. The second-order valence-electron chi connectivity index (χ2n) is 7.18. The van der Waals surface area contributed by atoms with Gasteiger partial charge in [0.2, 0.25) is 5.91 Å². The number of benzene rings is 2. The molecule has 5 heteroatoms. The average molecular weight is 396 g/mol. The second kappa shape index (κ2) is 10.9. The van der Waals surface area contributed by atoms with Crippen LogP contribution in [0.4, 0.5) is 5.69 Å². The molecule has 1 amide bonds. The molecule has 0 saturated heterocycles. The van der Waals surface area contributed by atoms with E-state index in [1.165, 1.54) is 43.9 Å². The summed E-state index contributed by atoms with van der Waals surface area (Å²) in [4.78, 5) is 19.5. The van der Waals surface area contributed by atoms with E-state index >= 15 is 0 Å². The smallest absolute Gasteiger partial charge is 0.230 e. The largest absolute Gasteiger partial charge is 0.351 e. The zero-order valence-corrected chi connectivity index (χ0v) is 17.3. The third-order valence-corrected chi connectivity index (χ3v) is 6.11. The molecule has 0 aromatic heterocycles. The van der Waals surface area contributed by atoms with Crippen LogP contribution in [-0.2, 0) is 11.3 Å². The summed E-state index contributed by atoms with van der Waals surface area (Å²) in [6.45, 7) is 0.559. The van der Waals surface area contributed by atoms with Crippen LogP contribution in [0.5, 0.6) is 0 Å². The van der Waals surface area contributed by atoms with Crippen LogP contribution < -0.4 is 5.32 Å². The van der Waals surface area contributed by atoms with Crippen molar-refractivity contribution in [3.63, 3.8) is 0 Å². The SMILES string of the molecule is CN(C(=Nc1ccccc1)SCC(=O)NCc1ccccc1)C1CCCCC1. The van der Waals surface area contributed by atoms with E-state index in [4.69, 9.17) is 4.99 Å². The molecule has 0 aliphatic heterocycles. The van der Waals surface area contributed by atoms with Gasteiger partial charge >= 0.3 is 0 Å². The molecular formula is C23H29N3OS. The Bertz CT molecular complexity index is 758. The van der Waals surface area contributed by atoms with E-state index < -0.39 is 0 Å². The molecule has 0 spiro atoms. The minimum absolute atomic E-state index is 0.0339. The van der Waals surface area contributed by atoms with Gasteiger partial charge in [-0.15, -0.1) is 0 Å². The highest BCUT2D eigenvalue weighted by Crippen LogP contribution is 2.25. The van der Waals surface area contributed by atoms with Crippen molar-refractivity contribution in [2.24, 2.45) is 4.99 Å². The molecule has 0 unspecified atom stereocenters. The lowest BCUT2D eigenvalue weighted by Crippen LogP contribution is -2.37. The van der Waals surface area contributed by atoms with Crippen molar-refractivity contribution < 1.29 is 4.79 Å². The van der Waals surface area contributed by atoms with Gasteiger partial charge in [-0.3, -0.25) is 4.79 Å². The third kappa shape index (κ3) is 6.41. The fourth-order valence-electron chi connectivity index (χ4n) is 3.43. The van der Waals surface area contributed by atoms with Crippen LogP contribution in [0.1, 0.15) is 37.7 Å². The summed E-state index contributed by atoms with van der Waals surface area (Å²) in [5, 5.41) is 3.93. The molecule has 0 bridgehead atoms. The first-order valence-electron chi connectivity index (χ1n) is 10.0. The van der Waals surface area contributed by atoms with E-state index in [0.717, 1.165) is 16.4 Å². The number of hydrogen-bond acceptors (Lipinski definition) is 3. The maximum absolute atomic E-state index is 12.4. The van der Waals surface area contributed by atoms with Crippen LogP contribution in [-0.4, -0.2) is 34.8 Å². The van der Waals surface area contributed by atoms with Crippen molar-refractivity contribution in [1.82, 2.24) is 10.2 Å². The maximum Gasteiger partial charge on any atom is 0.230 e. The number of carbonyl (C=O) groups excluding carboxylic acids is 1. The van der Waals surface area contributed by atoms with Crippen molar-refractivity contribution in [1.29, 1.82) is 0 Å². The van der Waals surface area contributed by atoms with Crippen molar-refractivity contribution >= 4 is 28.5 Å². The molecule has 1 aliphatic carbocycles. The van der Waals surface area contributed by atoms with E-state index in [1.54, 1.807) is 0 Å². The fraction of sp³-hybridized carbons (Fsp3) is 0.391. The summed E-state index contributed by atoms with van der Waals surface area (Å²) >= 11 is 1.53. The van der Waals surface area contributed by atoms with Gasteiger partial charge in [0.25, 0.3) is 0 Å². The Kier molecular flexibility index (Phi) is 7.97. The number of para-hydroxylation sites is 1. The molecule has 2 aromatic rings. The van der Waals surface area contributed by atoms with E-state index in [1.807, 2.05) is 60.7 Å². The van der Waals surface area contributed by atoms with Crippen molar-refractivity contribution in [2.45, 2.75) is 44.7 Å². The normalized spacial score (nSPS) is 15.2. The molecule has 1 aliphatic rings. The summed E-state index contributed by atoms with van der Waals surface area (Å²) in [5.74, 6) is 0.405. The molecule has 2 aromatic carbocycles. The Morgan fingerprint density at radius 3 is 2.36 bits per heavy atom. The first-order chi connectivity index (χ1) is 13.7. The predicted octanol–water partition coefficient (Wildman–Crippen LogP) is 4.99. The van der Waals surface area contributed by atoms with Gasteiger partial charge in [-0.2, -0.15) is 0 Å². The number of carbonyl (C=O) groups is 1. The first-order valence-corrected chi connectivity index (χ1v) is 11.0. The lowest BCUT2D eigenvalue weighted by molar-refractivity contribution is -0.118. The molecule has 1 saturated carbocycles. The number of thioether (sulfide) groups is 1. The van der Waals surface area contributed by atoms with Gasteiger partial charge in [0.1, 0.15) is 0 Å². The predicted molar refractivity (Wildman–Crippen MR) is 119 cm³/mol. The summed E-state index contributed by atoms with van der Waals surface area (Å²) in [5.41, 5.74) is 2.04. The summed E-state index contributed by atoms with van der Waals surface area (Å²) in [6.07, 6.45) is 6.27. The number of rotatable bonds is 6. The summed E-state index contributed by atoms with van der Waals surface area (Å²) in [7, 11) is 2.12. The van der Waals surface area contributed by atoms with Crippen molar-refractivity contribution in [2.75, 3.05) is 12.8 Å². The van der Waals surface area contributed by atoms with E-state index in [-0.39, 0.29) is 5.91 Å². The minimum Gasteiger partial charge on any atom is -0.351 e. The maximum atomic E-state index is 12.4. The third-order valence-electron chi connectivity index (χ3n) is 5.07. The van der Waals surface area contributed by atoms with Gasteiger partial charge in [0.05, 0.1) is 11.4 Å². The number of aliphatic imine (C=N–C) groups is 1. The average Bonchev–Trinajstić information content (AvgIpc) is 2.76. The summed E-state index contributed by atoms with van der Waals surface area (Å²) < 4.78 is 0. The summed E-state index contributed by atoms with van der Waals surface area (Å²) in [6, 6.07) is 20.5. The van der Waals surface area contributed by atoms with Crippen LogP contribution in [0.25, 0.3) is 0 Å². The Morgan fingerprint density at radius 2 is 1.68 bits per heavy atom. The van der Waals surface area contributed by atoms with Crippen molar-refractivity contribution in [3.05, 3.63) is 66.2 Å². The van der Waals surface area contributed by atoms with Gasteiger partial charge in [-0.1, -0.05) is 79.6 Å². The number of nitrogens with zero attached hydrogens (tertiary/aromatic N) is 2. The lowest BCUT2D eigenvalue weighted by atomic mass is 9.95. The standard InChI is InChI=1S/C23H29N3OS/c1-26(21-15-9-4-10-16-21)23(25-20-13-7-3-8-14-20)28-18-22(27)24-17-19-11-5-2-6-12-19/h2-3,5-8,11-14,21H,4,9-10,15-18H2,1H3,(H,24,27). The molecule has 3 rings (SSSR count). The Balaban J connectivity index is 1.61. The van der Waals surface area contributed by atoms with Crippen LogP contribution in [0.3, 0.4) is 0 Å². The Labute approximate surface area is 172 Å². The highest BCUT2D eigenvalue weighted by atomic mass is 32.2. The zero-order chi connectivity index (χ0) is 19.6. The highest BCUT2D eigenvalue weighted by Gasteiger charge is 2.22. The van der Waals surface area contributed by atoms with Crippen LogP contribution in [0.15, 0.2) is 65.7 Å². The highest BCUT2D eigenvalue weighted by molar-refractivity contribution is 8.14. The number of hydrogen-bond donors (Lipinski definition) is 1. The second-order valence-corrected chi connectivity index (χ2v) is 8.13. The molecule has 4 nitrogen and oxygen atoms in total. The minimum atomic E-state index is 0.0339. The fourth-order valence-corrected chi connectivity index (χ4v) is 4.31. The molecule has 148 valence electrons. The molecule has 0 atom stereocenters. The van der Waals surface area contributed by atoms with Gasteiger partial charge in [-0.05, 0) is 30.5 Å². The molecule has 1 fully saturated rings. The molecule has 0 radical (unpaired) electrons. The van der Waals surface area contributed by atoms with Crippen LogP contribution in [0.2, 0.25) is 0 Å². The molecular weight excluding hydrogens is 366 g/mol. The van der Waals surface area contributed by atoms with Crippen molar-refractivity contribution in [3.8, 4) is 0 Å². The molecule has 0 heterocycles. The van der Waals surface area contributed by atoms with Gasteiger partial charge in [0.15, 0.2) is 5.17 Å².